The number of carbonyl (C=O) groups is 2. The molecule has 0 fully saturated rings. The summed E-state index contributed by atoms with van der Waals surface area (Å²) in [7, 11) is 0. The van der Waals surface area contributed by atoms with Gasteiger partial charge in [0.05, 0.1) is 6.61 Å². The molecule has 0 saturated carbocycles. The second kappa shape index (κ2) is 7.14. The van der Waals surface area contributed by atoms with Gasteiger partial charge in [-0.2, -0.15) is 0 Å². The molecule has 2 unspecified atom stereocenters. The normalized spacial score (nSPS) is 15.1. The first-order valence-electron chi connectivity index (χ1n) is 6.31. The summed E-state index contributed by atoms with van der Waals surface area (Å²) in [6.07, 6.45) is 0.939. The molecule has 0 spiro atoms. The topological polar surface area (TPSA) is 86.5 Å². The minimum atomic E-state index is -1.54. The second-order valence-corrected chi connectivity index (χ2v) is 5.26. The fourth-order valence-corrected chi connectivity index (χ4v) is 3.22. The van der Waals surface area contributed by atoms with Crippen molar-refractivity contribution < 1.29 is 19.2 Å². The van der Waals surface area contributed by atoms with E-state index in [4.69, 9.17) is 4.74 Å². The monoisotopic (exact) mass is 299 g/mol. The molecule has 0 radical (unpaired) electrons. The van der Waals surface area contributed by atoms with Crippen molar-refractivity contribution in [2.24, 2.45) is 5.92 Å². The van der Waals surface area contributed by atoms with Gasteiger partial charge in [0.2, 0.25) is 6.54 Å². The highest BCUT2D eigenvalue weighted by molar-refractivity contribution is 7.10. The first-order valence-corrected chi connectivity index (χ1v) is 7.19. The summed E-state index contributed by atoms with van der Waals surface area (Å²) in [5.74, 6) is -1.50. The molecular weight excluding hydrogens is 282 g/mol. The number of carbonyl (C=O) groups excluding carboxylic acids is 2. The number of ether oxygens (including phenoxy) is 1. The zero-order valence-electron chi connectivity index (χ0n) is 11.4. The van der Waals surface area contributed by atoms with Crippen LogP contribution in [0.1, 0.15) is 25.1 Å². The zero-order chi connectivity index (χ0) is 15.2. The Morgan fingerprint density at radius 3 is 2.70 bits per heavy atom. The second-order valence-electron chi connectivity index (χ2n) is 4.31. The van der Waals surface area contributed by atoms with Crippen molar-refractivity contribution in [1.29, 1.82) is 0 Å². The van der Waals surface area contributed by atoms with Gasteiger partial charge in [-0.3, -0.25) is 14.9 Å². The van der Waals surface area contributed by atoms with E-state index in [1.54, 1.807) is 31.4 Å². The first kappa shape index (κ1) is 16.3. The van der Waals surface area contributed by atoms with Gasteiger partial charge in [-0.1, -0.05) is 13.0 Å². The third-order valence-electron chi connectivity index (χ3n) is 3.22. The lowest BCUT2D eigenvalue weighted by molar-refractivity contribution is -0.490. The van der Waals surface area contributed by atoms with Crippen LogP contribution in [0.15, 0.2) is 17.5 Å². The molecule has 0 saturated heterocycles. The molecule has 0 amide bonds. The van der Waals surface area contributed by atoms with Crippen LogP contribution in [0, 0.1) is 16.0 Å². The average Bonchev–Trinajstić information content (AvgIpc) is 2.92. The maximum atomic E-state index is 12.4. The third-order valence-corrected chi connectivity index (χ3v) is 4.26. The van der Waals surface area contributed by atoms with Crippen molar-refractivity contribution in [2.45, 2.75) is 25.7 Å². The van der Waals surface area contributed by atoms with Crippen LogP contribution in [-0.2, 0) is 19.7 Å². The molecule has 0 aromatic carbocycles. The third kappa shape index (κ3) is 3.04. The van der Waals surface area contributed by atoms with E-state index in [-0.39, 0.29) is 6.61 Å². The van der Waals surface area contributed by atoms with E-state index in [0.29, 0.717) is 17.6 Å². The highest BCUT2D eigenvalue weighted by Crippen LogP contribution is 2.38. The Kier molecular flexibility index (Phi) is 5.82. The number of nitro groups is 1. The molecule has 6 nitrogen and oxygen atoms in total. The predicted molar refractivity (Wildman–Crippen MR) is 74.3 cm³/mol. The highest BCUT2D eigenvalue weighted by Gasteiger charge is 2.53. The SMILES string of the molecule is CCOC(=O)C(C[N+](=O)[O-])(c1cccs1)C(C=O)CC. The van der Waals surface area contributed by atoms with Gasteiger partial charge in [-0.05, 0) is 24.8 Å². The summed E-state index contributed by atoms with van der Waals surface area (Å²) < 4.78 is 5.02. The fourth-order valence-electron chi connectivity index (χ4n) is 2.25. The molecule has 0 aliphatic rings. The van der Waals surface area contributed by atoms with Crippen molar-refractivity contribution in [3.05, 3.63) is 32.5 Å². The molecule has 1 rings (SSSR count). The maximum absolute atomic E-state index is 12.4. The average molecular weight is 299 g/mol. The number of nitrogens with zero attached hydrogens (tertiary/aromatic N) is 1. The van der Waals surface area contributed by atoms with Crippen molar-refractivity contribution in [3.63, 3.8) is 0 Å². The van der Waals surface area contributed by atoms with E-state index < -0.39 is 28.8 Å². The lowest BCUT2D eigenvalue weighted by atomic mass is 9.73. The molecule has 20 heavy (non-hydrogen) atoms. The van der Waals surface area contributed by atoms with E-state index in [0.717, 1.165) is 0 Å². The van der Waals surface area contributed by atoms with E-state index >= 15 is 0 Å². The lowest BCUT2D eigenvalue weighted by Gasteiger charge is -2.31. The number of rotatable bonds is 8. The summed E-state index contributed by atoms with van der Waals surface area (Å²) >= 11 is 1.22. The van der Waals surface area contributed by atoms with Gasteiger partial charge in [-0.15, -0.1) is 11.3 Å². The van der Waals surface area contributed by atoms with E-state index in [1.165, 1.54) is 11.3 Å². The molecule has 7 heteroatoms. The van der Waals surface area contributed by atoms with Crippen molar-refractivity contribution in [3.8, 4) is 0 Å². The molecule has 1 aromatic rings. The summed E-state index contributed by atoms with van der Waals surface area (Å²) in [4.78, 5) is 34.7. The summed E-state index contributed by atoms with van der Waals surface area (Å²) in [6.45, 7) is 2.81. The maximum Gasteiger partial charge on any atom is 0.324 e. The Labute approximate surface area is 120 Å². The molecule has 0 N–H and O–H groups in total. The molecule has 0 aliphatic carbocycles. The number of thiophene rings is 1. The molecule has 110 valence electrons. The fraction of sp³-hybridized carbons (Fsp3) is 0.538. The quantitative estimate of drug-likeness (QED) is 0.317. The van der Waals surface area contributed by atoms with Crippen LogP contribution >= 0.6 is 11.3 Å². The Bertz CT molecular complexity index is 473. The standard InChI is InChI=1S/C13H17NO5S/c1-3-10(8-15)13(9-14(17)18,12(16)19-4-2)11-6-5-7-20-11/h5-8,10H,3-4,9H2,1-2H3. The molecule has 2 atom stereocenters. The summed E-state index contributed by atoms with van der Waals surface area (Å²) in [5, 5.41) is 12.8. The minimum absolute atomic E-state index is 0.110. The molecule has 1 aromatic heterocycles. The van der Waals surface area contributed by atoms with Crippen LogP contribution in [0.25, 0.3) is 0 Å². The molecule has 1 heterocycles. The molecular formula is C13H17NO5S. The molecule has 0 aliphatic heterocycles. The van der Waals surface area contributed by atoms with Gasteiger partial charge in [0.1, 0.15) is 6.29 Å². The number of hydrogen-bond acceptors (Lipinski definition) is 6. The van der Waals surface area contributed by atoms with Crippen molar-refractivity contribution in [1.82, 2.24) is 0 Å². The largest absolute Gasteiger partial charge is 0.465 e. The minimum Gasteiger partial charge on any atom is -0.465 e. The lowest BCUT2D eigenvalue weighted by Crippen LogP contribution is -2.49. The highest BCUT2D eigenvalue weighted by atomic mass is 32.1. The number of aldehydes is 1. The predicted octanol–water partition coefficient (Wildman–Crippen LogP) is 2.05. The van der Waals surface area contributed by atoms with E-state index in [1.807, 2.05) is 0 Å². The number of hydrogen-bond donors (Lipinski definition) is 0. The molecule has 0 bridgehead atoms. The Balaban J connectivity index is 3.42. The van der Waals surface area contributed by atoms with Crippen LogP contribution in [0.2, 0.25) is 0 Å². The van der Waals surface area contributed by atoms with Gasteiger partial charge in [0.25, 0.3) is 0 Å². The summed E-state index contributed by atoms with van der Waals surface area (Å²) in [6, 6.07) is 3.34. The Morgan fingerprint density at radius 1 is 1.60 bits per heavy atom. The van der Waals surface area contributed by atoms with Gasteiger partial charge >= 0.3 is 5.97 Å². The first-order chi connectivity index (χ1) is 9.52. The van der Waals surface area contributed by atoms with Crippen LogP contribution in [-0.4, -0.2) is 30.3 Å². The van der Waals surface area contributed by atoms with E-state index in [9.17, 15) is 19.7 Å². The van der Waals surface area contributed by atoms with Gasteiger partial charge in [0.15, 0.2) is 5.41 Å². The Hall–Kier alpha value is -1.76. The zero-order valence-corrected chi connectivity index (χ0v) is 12.2. The van der Waals surface area contributed by atoms with Crippen LogP contribution in [0.4, 0.5) is 0 Å². The van der Waals surface area contributed by atoms with Crippen LogP contribution in [0.5, 0.6) is 0 Å². The van der Waals surface area contributed by atoms with Crippen LogP contribution in [0.3, 0.4) is 0 Å². The van der Waals surface area contributed by atoms with E-state index in [2.05, 4.69) is 0 Å². The summed E-state index contributed by atoms with van der Waals surface area (Å²) in [5.41, 5.74) is -1.54. The van der Waals surface area contributed by atoms with Crippen molar-refractivity contribution >= 4 is 23.6 Å². The van der Waals surface area contributed by atoms with Crippen molar-refractivity contribution in [2.75, 3.05) is 13.2 Å². The van der Waals surface area contributed by atoms with Gasteiger partial charge in [0, 0.05) is 15.7 Å². The van der Waals surface area contributed by atoms with Crippen LogP contribution < -0.4 is 0 Å². The number of esters is 1. The van der Waals surface area contributed by atoms with Gasteiger partial charge in [-0.25, -0.2) is 0 Å². The smallest absolute Gasteiger partial charge is 0.324 e. The Morgan fingerprint density at radius 2 is 2.30 bits per heavy atom. The van der Waals surface area contributed by atoms with Gasteiger partial charge < -0.3 is 9.53 Å².